The summed E-state index contributed by atoms with van der Waals surface area (Å²) in [6.07, 6.45) is 3.07. The molecule has 0 aliphatic rings. The first-order valence-electron chi connectivity index (χ1n) is 6.28. The van der Waals surface area contributed by atoms with Crippen molar-refractivity contribution in [3.05, 3.63) is 40.1 Å². The largest absolute Gasteiger partial charge is 0.316 e. The predicted molar refractivity (Wildman–Crippen MR) is 85.7 cm³/mol. The quantitative estimate of drug-likeness (QED) is 0.841. The molecule has 114 valence electrons. The predicted octanol–water partition coefficient (Wildman–Crippen LogP) is 2.01. The Morgan fingerprint density at radius 3 is 2.67 bits per heavy atom. The van der Waals surface area contributed by atoms with Crippen LogP contribution in [0.1, 0.15) is 11.1 Å². The van der Waals surface area contributed by atoms with Crippen molar-refractivity contribution in [1.29, 1.82) is 0 Å². The minimum atomic E-state index is -3.67. The van der Waals surface area contributed by atoms with Gasteiger partial charge < -0.3 is 5.32 Å². The van der Waals surface area contributed by atoms with Crippen LogP contribution in [-0.2, 0) is 23.6 Å². The molecule has 0 atom stereocenters. The van der Waals surface area contributed by atoms with Crippen molar-refractivity contribution in [2.75, 3.05) is 11.8 Å². The summed E-state index contributed by atoms with van der Waals surface area (Å²) in [6, 6.07) is 3.61. The number of rotatable bonds is 5. The maximum absolute atomic E-state index is 12.5. The first-order chi connectivity index (χ1) is 9.83. The SMILES string of the molecule is CNCc1cc(C)c(Br)c(S(=O)(=O)Nc2cnn(C)c2)c1. The first kappa shape index (κ1) is 16.0. The molecule has 0 amide bonds. The molecule has 8 heteroatoms. The third-order valence-corrected chi connectivity index (χ3v) is 5.63. The maximum atomic E-state index is 12.5. The van der Waals surface area contributed by atoms with Gasteiger partial charge in [0.15, 0.2) is 0 Å². The maximum Gasteiger partial charge on any atom is 0.263 e. The van der Waals surface area contributed by atoms with Crippen LogP contribution in [0.15, 0.2) is 33.9 Å². The van der Waals surface area contributed by atoms with Crippen molar-refractivity contribution in [2.24, 2.45) is 7.05 Å². The molecule has 0 radical (unpaired) electrons. The number of nitrogens with zero attached hydrogens (tertiary/aromatic N) is 2. The fourth-order valence-electron chi connectivity index (χ4n) is 1.99. The van der Waals surface area contributed by atoms with Crippen LogP contribution in [0, 0.1) is 6.92 Å². The minimum Gasteiger partial charge on any atom is -0.316 e. The Bertz CT molecular complexity index is 756. The number of aromatic nitrogens is 2. The van der Waals surface area contributed by atoms with Crippen molar-refractivity contribution in [2.45, 2.75) is 18.4 Å². The first-order valence-corrected chi connectivity index (χ1v) is 8.56. The van der Waals surface area contributed by atoms with Gasteiger partial charge in [0, 0.05) is 24.3 Å². The average Bonchev–Trinajstić information content (AvgIpc) is 2.78. The number of halogens is 1. The van der Waals surface area contributed by atoms with Gasteiger partial charge in [-0.1, -0.05) is 6.07 Å². The number of anilines is 1. The molecule has 1 aromatic heterocycles. The Labute approximate surface area is 132 Å². The lowest BCUT2D eigenvalue weighted by Crippen LogP contribution is -2.15. The number of aryl methyl sites for hydroxylation is 2. The summed E-state index contributed by atoms with van der Waals surface area (Å²) in [5.41, 5.74) is 2.21. The van der Waals surface area contributed by atoms with Crippen LogP contribution in [0.3, 0.4) is 0 Å². The van der Waals surface area contributed by atoms with Gasteiger partial charge in [0.05, 0.1) is 11.9 Å². The molecule has 0 aliphatic carbocycles. The molecule has 0 bridgehead atoms. The zero-order chi connectivity index (χ0) is 15.6. The second-order valence-corrected chi connectivity index (χ2v) is 7.21. The molecule has 2 rings (SSSR count). The van der Waals surface area contributed by atoms with Crippen molar-refractivity contribution < 1.29 is 8.42 Å². The van der Waals surface area contributed by atoms with Crippen LogP contribution in [0.5, 0.6) is 0 Å². The Hall–Kier alpha value is -1.38. The van der Waals surface area contributed by atoms with Crippen LogP contribution < -0.4 is 10.0 Å². The van der Waals surface area contributed by atoms with E-state index in [0.717, 1.165) is 11.1 Å². The second kappa shape index (κ2) is 6.17. The number of nitrogens with one attached hydrogen (secondary N) is 2. The normalized spacial score (nSPS) is 11.6. The van der Waals surface area contributed by atoms with Gasteiger partial charge in [0.25, 0.3) is 10.0 Å². The zero-order valence-corrected chi connectivity index (χ0v) is 14.4. The van der Waals surface area contributed by atoms with Crippen molar-refractivity contribution >= 4 is 31.6 Å². The summed E-state index contributed by atoms with van der Waals surface area (Å²) >= 11 is 3.36. The van der Waals surface area contributed by atoms with E-state index in [2.05, 4.69) is 31.1 Å². The lowest BCUT2D eigenvalue weighted by molar-refractivity contribution is 0.600. The molecular formula is C13H17BrN4O2S. The third kappa shape index (κ3) is 3.63. The Balaban J connectivity index is 2.43. The van der Waals surface area contributed by atoms with Gasteiger partial charge in [-0.25, -0.2) is 8.42 Å². The molecule has 0 aliphatic heterocycles. The highest BCUT2D eigenvalue weighted by atomic mass is 79.9. The van der Waals surface area contributed by atoms with E-state index in [4.69, 9.17) is 0 Å². The fourth-order valence-corrected chi connectivity index (χ4v) is 4.09. The van der Waals surface area contributed by atoms with Gasteiger partial charge in [-0.15, -0.1) is 0 Å². The highest BCUT2D eigenvalue weighted by Crippen LogP contribution is 2.28. The molecular weight excluding hydrogens is 356 g/mol. The van der Waals surface area contributed by atoms with E-state index < -0.39 is 10.0 Å². The van der Waals surface area contributed by atoms with E-state index in [1.165, 1.54) is 10.9 Å². The number of benzene rings is 1. The lowest BCUT2D eigenvalue weighted by Gasteiger charge is -2.12. The molecule has 2 N–H and O–H groups in total. The zero-order valence-electron chi connectivity index (χ0n) is 12.0. The Morgan fingerprint density at radius 1 is 1.38 bits per heavy atom. The van der Waals surface area contributed by atoms with Crippen LogP contribution in [-0.4, -0.2) is 25.2 Å². The van der Waals surface area contributed by atoms with Gasteiger partial charge in [-0.2, -0.15) is 5.10 Å². The molecule has 2 aromatic rings. The molecule has 21 heavy (non-hydrogen) atoms. The molecule has 0 saturated carbocycles. The van der Waals surface area contributed by atoms with Crippen LogP contribution >= 0.6 is 15.9 Å². The van der Waals surface area contributed by atoms with E-state index in [9.17, 15) is 8.42 Å². The molecule has 1 heterocycles. The van der Waals surface area contributed by atoms with E-state index in [1.807, 2.05) is 20.0 Å². The summed E-state index contributed by atoms with van der Waals surface area (Å²) in [5.74, 6) is 0. The molecule has 0 spiro atoms. The van der Waals surface area contributed by atoms with Gasteiger partial charge in [0.1, 0.15) is 4.90 Å². The van der Waals surface area contributed by atoms with Crippen molar-refractivity contribution in [3.8, 4) is 0 Å². The lowest BCUT2D eigenvalue weighted by atomic mass is 10.1. The van der Waals surface area contributed by atoms with Gasteiger partial charge >= 0.3 is 0 Å². The molecule has 0 saturated heterocycles. The van der Waals surface area contributed by atoms with Crippen molar-refractivity contribution in [3.63, 3.8) is 0 Å². The van der Waals surface area contributed by atoms with E-state index >= 15 is 0 Å². The second-order valence-electron chi connectivity index (χ2n) is 4.76. The van der Waals surface area contributed by atoms with Crippen LogP contribution in [0.25, 0.3) is 0 Å². The average molecular weight is 373 g/mol. The molecule has 6 nitrogen and oxygen atoms in total. The summed E-state index contributed by atoms with van der Waals surface area (Å²) in [7, 11) is -0.125. The van der Waals surface area contributed by atoms with Gasteiger partial charge in [-0.05, 0) is 47.1 Å². The van der Waals surface area contributed by atoms with Gasteiger partial charge in [-0.3, -0.25) is 9.40 Å². The molecule has 1 aromatic carbocycles. The summed E-state index contributed by atoms with van der Waals surface area (Å²) in [4.78, 5) is 0.219. The summed E-state index contributed by atoms with van der Waals surface area (Å²) in [6.45, 7) is 2.47. The number of hydrogen-bond donors (Lipinski definition) is 2. The Kier molecular flexibility index (Phi) is 4.70. The fraction of sp³-hybridized carbons (Fsp3) is 0.308. The third-order valence-electron chi connectivity index (χ3n) is 2.91. The topological polar surface area (TPSA) is 76.0 Å². The minimum absolute atomic E-state index is 0.219. The monoisotopic (exact) mass is 372 g/mol. The van der Waals surface area contributed by atoms with Crippen LogP contribution in [0.4, 0.5) is 5.69 Å². The van der Waals surface area contributed by atoms with E-state index in [1.54, 1.807) is 19.3 Å². The number of hydrogen-bond acceptors (Lipinski definition) is 4. The highest BCUT2D eigenvalue weighted by Gasteiger charge is 2.20. The van der Waals surface area contributed by atoms with E-state index in [-0.39, 0.29) is 4.90 Å². The van der Waals surface area contributed by atoms with Crippen LogP contribution in [0.2, 0.25) is 0 Å². The summed E-state index contributed by atoms with van der Waals surface area (Å²) < 4.78 is 29.7. The molecule has 0 fully saturated rings. The van der Waals surface area contributed by atoms with Crippen molar-refractivity contribution in [1.82, 2.24) is 15.1 Å². The smallest absolute Gasteiger partial charge is 0.263 e. The molecule has 0 unspecified atom stereocenters. The standard InChI is InChI=1S/C13H17BrN4O2S/c1-9-4-10(6-15-2)5-12(13(9)14)21(19,20)17-11-7-16-18(3)8-11/h4-5,7-8,15,17H,6H2,1-3H3. The van der Waals surface area contributed by atoms with Gasteiger partial charge in [0.2, 0.25) is 0 Å². The number of sulfonamides is 1. The van der Waals surface area contributed by atoms with E-state index in [0.29, 0.717) is 16.7 Å². The Morgan fingerprint density at radius 2 is 2.10 bits per heavy atom. The highest BCUT2D eigenvalue weighted by molar-refractivity contribution is 9.10. The summed E-state index contributed by atoms with van der Waals surface area (Å²) in [5, 5.41) is 6.97.